The summed E-state index contributed by atoms with van der Waals surface area (Å²) in [6, 6.07) is 20.2. The summed E-state index contributed by atoms with van der Waals surface area (Å²) in [5.74, 6) is 3.61. The first kappa shape index (κ1) is 34.0. The van der Waals surface area contributed by atoms with Gasteiger partial charge in [-0.25, -0.2) is 0 Å². The fraction of sp³-hybridized carbons (Fsp3) is 0.359. The lowest BCUT2D eigenvalue weighted by atomic mass is 9.87. The Bertz CT molecular complexity index is 1840. The van der Waals surface area contributed by atoms with E-state index in [0.717, 1.165) is 62.4 Å². The molecule has 4 aromatic carbocycles. The van der Waals surface area contributed by atoms with Gasteiger partial charge in [0.2, 0.25) is 5.75 Å². The lowest BCUT2D eigenvalue weighted by Gasteiger charge is -2.37. The van der Waals surface area contributed by atoms with Crippen LogP contribution in [0.1, 0.15) is 52.4 Å². The van der Waals surface area contributed by atoms with Gasteiger partial charge < -0.3 is 33.9 Å². The lowest BCUT2D eigenvalue weighted by molar-refractivity contribution is -0.134. The Kier molecular flexibility index (Phi) is 9.89. The number of aliphatic carboxylic acids is 1. The van der Waals surface area contributed by atoms with Gasteiger partial charge in [0.05, 0.1) is 21.3 Å². The van der Waals surface area contributed by atoms with E-state index in [1.807, 2.05) is 24.3 Å². The first-order valence-corrected chi connectivity index (χ1v) is 16.4. The van der Waals surface area contributed by atoms with Gasteiger partial charge in [-0.3, -0.25) is 14.6 Å². The highest BCUT2D eigenvalue weighted by atomic mass is 16.5. The topological polar surface area (TPSA) is 110 Å². The number of aromatic hydroxyl groups is 1. The molecule has 0 amide bonds. The normalized spacial score (nSPS) is 18.3. The van der Waals surface area contributed by atoms with Crippen LogP contribution in [-0.4, -0.2) is 74.5 Å². The van der Waals surface area contributed by atoms with Crippen molar-refractivity contribution >= 4 is 5.97 Å². The first-order valence-electron chi connectivity index (χ1n) is 16.4. The molecule has 49 heavy (non-hydrogen) atoms. The number of methoxy groups -OCH3 is 3. The van der Waals surface area contributed by atoms with E-state index >= 15 is 0 Å². The van der Waals surface area contributed by atoms with E-state index in [4.69, 9.17) is 33.6 Å². The SMILES string of the molecule is CC(=O)O.COc1cc2c3cc1Oc1c(OC)c(OC)cc4c1[C@H](Cc1ccc(cc1)Oc1cc(ccc1O)C[C@H]3N(C)CC2)N(C)CC4. The van der Waals surface area contributed by atoms with Crippen molar-refractivity contribution in [3.63, 3.8) is 0 Å². The zero-order valence-electron chi connectivity index (χ0n) is 28.9. The van der Waals surface area contributed by atoms with Crippen LogP contribution in [0.2, 0.25) is 0 Å². The molecule has 10 nitrogen and oxygen atoms in total. The van der Waals surface area contributed by atoms with Crippen molar-refractivity contribution in [1.82, 2.24) is 9.80 Å². The van der Waals surface area contributed by atoms with Crippen LogP contribution in [0.15, 0.2) is 60.7 Å². The van der Waals surface area contributed by atoms with Crippen LogP contribution in [-0.2, 0) is 30.5 Å². The Morgan fingerprint density at radius 2 is 1.37 bits per heavy atom. The van der Waals surface area contributed by atoms with Gasteiger partial charge >= 0.3 is 0 Å². The van der Waals surface area contributed by atoms with Crippen LogP contribution in [0, 0.1) is 0 Å². The van der Waals surface area contributed by atoms with Gasteiger partial charge in [0.15, 0.2) is 34.5 Å². The Balaban J connectivity index is 0.000000989. The Morgan fingerprint density at radius 3 is 2.04 bits per heavy atom. The fourth-order valence-electron chi connectivity index (χ4n) is 7.11. The Labute approximate surface area is 287 Å². The maximum Gasteiger partial charge on any atom is 0.300 e. The number of carboxylic acids is 1. The molecule has 0 saturated heterocycles. The van der Waals surface area contributed by atoms with E-state index < -0.39 is 5.97 Å². The predicted molar refractivity (Wildman–Crippen MR) is 186 cm³/mol. The number of fused-ring (bicyclic) bond motifs is 2. The molecule has 8 rings (SSSR count). The number of hydrogen-bond donors (Lipinski definition) is 2. The van der Waals surface area contributed by atoms with Gasteiger partial charge in [-0.1, -0.05) is 18.2 Å². The minimum absolute atomic E-state index is 0.0254. The Morgan fingerprint density at radius 1 is 0.755 bits per heavy atom. The maximum absolute atomic E-state index is 10.7. The zero-order valence-corrected chi connectivity index (χ0v) is 28.9. The molecule has 4 aliphatic rings. The third-order valence-corrected chi connectivity index (χ3v) is 9.64. The van der Waals surface area contributed by atoms with Crippen LogP contribution in [0.25, 0.3) is 0 Å². The summed E-state index contributed by atoms with van der Waals surface area (Å²) in [5.41, 5.74) is 6.93. The van der Waals surface area contributed by atoms with Crippen molar-refractivity contribution < 1.29 is 38.7 Å². The summed E-state index contributed by atoms with van der Waals surface area (Å²) in [5, 5.41) is 18.1. The molecule has 4 aromatic rings. The van der Waals surface area contributed by atoms with Crippen molar-refractivity contribution in [2.24, 2.45) is 0 Å². The largest absolute Gasteiger partial charge is 0.504 e. The number of likely N-dealkylation sites (N-methyl/N-ethyl adjacent to an activating group) is 2. The van der Waals surface area contributed by atoms with Crippen molar-refractivity contribution in [2.75, 3.05) is 48.5 Å². The van der Waals surface area contributed by atoms with Crippen molar-refractivity contribution in [3.8, 4) is 46.0 Å². The highest BCUT2D eigenvalue weighted by molar-refractivity contribution is 5.64. The van der Waals surface area contributed by atoms with E-state index in [1.165, 1.54) is 16.7 Å². The number of phenolic OH excluding ortho intramolecular Hbond substituents is 1. The fourth-order valence-corrected chi connectivity index (χ4v) is 7.11. The summed E-state index contributed by atoms with van der Waals surface area (Å²) in [6.45, 7) is 2.90. The molecular weight excluding hydrogens is 624 g/mol. The standard InChI is InChI=1S/C37H40N2O6.C2H4O2/c1-38-14-12-24-19-32(41-3)33-21-27(24)28(38)17-23-8-11-30(40)31(18-23)44-26-9-6-22(7-10-26)16-29-35-25(13-15-39(29)2)20-34(42-4)36(43-5)37(35)45-33;1-2(3)4/h6-11,18-21,28-29,40H,12-17H2,1-5H3;1H3,(H,3,4)/t28-,29+;/m1./s1. The molecule has 0 aromatic heterocycles. The van der Waals surface area contributed by atoms with E-state index in [1.54, 1.807) is 27.4 Å². The molecule has 0 aliphatic carbocycles. The maximum atomic E-state index is 10.7. The minimum atomic E-state index is -0.833. The van der Waals surface area contributed by atoms with Crippen molar-refractivity contribution in [1.29, 1.82) is 0 Å². The Hall–Kier alpha value is -4.93. The summed E-state index contributed by atoms with van der Waals surface area (Å²) < 4.78 is 31.0. The third kappa shape index (κ3) is 6.97. The summed E-state index contributed by atoms with van der Waals surface area (Å²) in [7, 11) is 9.34. The van der Waals surface area contributed by atoms with Crippen LogP contribution in [0.5, 0.6) is 46.0 Å². The average Bonchev–Trinajstić information content (AvgIpc) is 3.08. The zero-order chi connectivity index (χ0) is 34.8. The molecule has 0 fully saturated rings. The second-order valence-electron chi connectivity index (χ2n) is 12.8. The number of rotatable bonds is 3. The molecule has 0 radical (unpaired) electrons. The molecule has 258 valence electrons. The lowest BCUT2D eigenvalue weighted by Crippen LogP contribution is -2.34. The summed E-state index contributed by atoms with van der Waals surface area (Å²) >= 11 is 0. The number of phenols is 1. The van der Waals surface area contributed by atoms with Crippen LogP contribution >= 0.6 is 0 Å². The summed E-state index contributed by atoms with van der Waals surface area (Å²) in [6.07, 6.45) is 3.25. The molecule has 0 spiro atoms. The molecule has 4 heterocycles. The predicted octanol–water partition coefficient (Wildman–Crippen LogP) is 6.95. The van der Waals surface area contributed by atoms with Gasteiger partial charge in [0.25, 0.3) is 5.97 Å². The molecule has 2 atom stereocenters. The minimum Gasteiger partial charge on any atom is -0.504 e. The molecule has 10 heteroatoms. The number of ether oxygens (including phenoxy) is 5. The molecular formula is C39H44N2O8. The second-order valence-corrected chi connectivity index (χ2v) is 12.8. The number of carbonyl (C=O) groups is 1. The monoisotopic (exact) mass is 668 g/mol. The summed E-state index contributed by atoms with van der Waals surface area (Å²) in [4.78, 5) is 13.8. The second kappa shape index (κ2) is 14.3. The first-order chi connectivity index (χ1) is 23.6. The number of benzene rings is 4. The highest BCUT2D eigenvalue weighted by Crippen LogP contribution is 2.51. The van der Waals surface area contributed by atoms with Gasteiger partial charge in [-0.05, 0) is 110 Å². The highest BCUT2D eigenvalue weighted by Gasteiger charge is 2.34. The van der Waals surface area contributed by atoms with E-state index in [9.17, 15) is 5.11 Å². The van der Waals surface area contributed by atoms with Gasteiger partial charge in [-0.15, -0.1) is 0 Å². The van der Waals surface area contributed by atoms with Crippen molar-refractivity contribution in [2.45, 2.75) is 44.7 Å². The number of carboxylic acid groups (broad SMARTS) is 1. The molecule has 6 bridgehead atoms. The van der Waals surface area contributed by atoms with Crippen molar-refractivity contribution in [3.05, 3.63) is 94.0 Å². The van der Waals surface area contributed by atoms with Gasteiger partial charge in [0, 0.05) is 37.7 Å². The van der Waals surface area contributed by atoms with E-state index in [2.05, 4.69) is 54.2 Å². The molecule has 2 N–H and O–H groups in total. The van der Waals surface area contributed by atoms with Gasteiger partial charge in [-0.2, -0.15) is 0 Å². The average molecular weight is 669 g/mol. The van der Waals surface area contributed by atoms with Gasteiger partial charge in [0.1, 0.15) is 5.75 Å². The smallest absolute Gasteiger partial charge is 0.300 e. The molecule has 4 aliphatic heterocycles. The van der Waals surface area contributed by atoms with Crippen LogP contribution < -0.4 is 23.7 Å². The third-order valence-electron chi connectivity index (χ3n) is 9.64. The molecule has 0 saturated carbocycles. The number of hydrogen-bond acceptors (Lipinski definition) is 9. The quantitative estimate of drug-likeness (QED) is 0.238. The van der Waals surface area contributed by atoms with Crippen LogP contribution in [0.4, 0.5) is 0 Å². The number of nitrogens with zero attached hydrogens (tertiary/aromatic N) is 2. The van der Waals surface area contributed by atoms with E-state index in [0.29, 0.717) is 40.2 Å². The van der Waals surface area contributed by atoms with Crippen LogP contribution in [0.3, 0.4) is 0 Å². The molecule has 0 unspecified atom stereocenters. The van der Waals surface area contributed by atoms with E-state index in [-0.39, 0.29) is 17.8 Å².